The Morgan fingerprint density at radius 1 is 1.12 bits per heavy atom. The number of piperidine rings is 1. The second kappa shape index (κ2) is 9.64. The Kier molecular flexibility index (Phi) is 7.12. The van der Waals surface area contributed by atoms with Gasteiger partial charge in [-0.2, -0.15) is 13.2 Å². The molecular weight excluding hydrogens is 427 g/mol. The molecule has 3 N–H and O–H groups in total. The summed E-state index contributed by atoms with van der Waals surface area (Å²) < 4.78 is 45.4. The quantitative estimate of drug-likeness (QED) is 0.620. The number of hydrogen-bond acceptors (Lipinski definition) is 4. The predicted molar refractivity (Wildman–Crippen MR) is 111 cm³/mol. The number of furan rings is 1. The summed E-state index contributed by atoms with van der Waals surface area (Å²) in [5.41, 5.74) is -2.50. The van der Waals surface area contributed by atoms with Crippen LogP contribution in [-0.4, -0.2) is 47.8 Å². The molecule has 1 saturated heterocycles. The number of urea groups is 1. The van der Waals surface area contributed by atoms with Crippen molar-refractivity contribution in [3.8, 4) is 0 Å². The average molecular weight is 453 g/mol. The fourth-order valence-corrected chi connectivity index (χ4v) is 3.63. The zero-order valence-electron chi connectivity index (χ0n) is 17.6. The molecule has 1 aromatic carbocycles. The lowest BCUT2D eigenvalue weighted by Crippen LogP contribution is -2.48. The summed E-state index contributed by atoms with van der Waals surface area (Å²) in [6.07, 6.45) is -4.86. The molecule has 3 rings (SSSR count). The van der Waals surface area contributed by atoms with Gasteiger partial charge in [0.2, 0.25) is 11.5 Å². The van der Waals surface area contributed by atoms with E-state index in [9.17, 15) is 27.9 Å². The van der Waals surface area contributed by atoms with Gasteiger partial charge in [-0.1, -0.05) is 18.2 Å². The van der Waals surface area contributed by atoms with E-state index in [2.05, 4.69) is 10.6 Å². The van der Waals surface area contributed by atoms with E-state index in [-0.39, 0.29) is 17.6 Å². The molecule has 7 nitrogen and oxygen atoms in total. The van der Waals surface area contributed by atoms with Crippen LogP contribution in [0.2, 0.25) is 0 Å². The molecule has 0 spiro atoms. The Labute approximate surface area is 183 Å². The Bertz CT molecular complexity index is 924. The number of amides is 3. The summed E-state index contributed by atoms with van der Waals surface area (Å²) in [6.45, 7) is 1.69. The van der Waals surface area contributed by atoms with E-state index in [1.807, 2.05) is 18.2 Å². The topological polar surface area (TPSA) is 94.8 Å². The fourth-order valence-electron chi connectivity index (χ4n) is 3.63. The number of carbonyl (C=O) groups is 2. The van der Waals surface area contributed by atoms with Crippen LogP contribution in [0.3, 0.4) is 0 Å². The number of rotatable bonds is 6. The summed E-state index contributed by atoms with van der Waals surface area (Å²) in [6, 6.07) is 10.9. The van der Waals surface area contributed by atoms with E-state index in [1.165, 1.54) is 17.9 Å². The summed E-state index contributed by atoms with van der Waals surface area (Å²) in [5.74, 6) is -0.745. The molecule has 2 aromatic rings. The molecule has 0 saturated carbocycles. The highest BCUT2D eigenvalue weighted by Gasteiger charge is 2.56. The van der Waals surface area contributed by atoms with Crippen molar-refractivity contribution in [2.45, 2.75) is 38.0 Å². The summed E-state index contributed by atoms with van der Waals surface area (Å²) in [4.78, 5) is 26.2. The average Bonchev–Trinajstić information content (AvgIpc) is 3.20. The van der Waals surface area contributed by atoms with Gasteiger partial charge in [0, 0.05) is 37.7 Å². The normalized spacial score (nSPS) is 17.0. The zero-order chi connectivity index (χ0) is 23.4. The lowest BCUT2D eigenvalue weighted by Gasteiger charge is -2.32. The maximum Gasteiger partial charge on any atom is 0.424 e. The van der Waals surface area contributed by atoms with E-state index >= 15 is 0 Å². The first-order valence-corrected chi connectivity index (χ1v) is 10.3. The SMILES string of the molecule is Cc1ccc(C(O)(CCNC(=O)N2CCC(C(=O)Nc3ccccc3)CC2)C(F)(F)F)o1. The van der Waals surface area contributed by atoms with Gasteiger partial charge in [-0.25, -0.2) is 4.79 Å². The molecule has 10 heteroatoms. The molecule has 1 fully saturated rings. The van der Waals surface area contributed by atoms with Crippen LogP contribution in [0.1, 0.15) is 30.8 Å². The number of halogens is 3. The molecule has 2 heterocycles. The molecule has 1 aromatic heterocycles. The maximum absolute atomic E-state index is 13.5. The van der Waals surface area contributed by atoms with Crippen LogP contribution in [0.4, 0.5) is 23.7 Å². The van der Waals surface area contributed by atoms with E-state index in [0.717, 1.165) is 6.07 Å². The fraction of sp³-hybridized carbons (Fsp3) is 0.455. The maximum atomic E-state index is 13.5. The number of hydrogen-bond donors (Lipinski definition) is 3. The number of nitrogens with one attached hydrogen (secondary N) is 2. The largest absolute Gasteiger partial charge is 0.463 e. The van der Waals surface area contributed by atoms with Crippen molar-refractivity contribution in [3.63, 3.8) is 0 Å². The van der Waals surface area contributed by atoms with E-state index < -0.39 is 36.5 Å². The number of anilines is 1. The Morgan fingerprint density at radius 3 is 2.34 bits per heavy atom. The highest BCUT2D eigenvalue weighted by molar-refractivity contribution is 5.92. The van der Waals surface area contributed by atoms with Gasteiger partial charge in [0.1, 0.15) is 11.5 Å². The first-order chi connectivity index (χ1) is 15.1. The van der Waals surface area contributed by atoms with Gasteiger partial charge < -0.3 is 25.1 Å². The molecule has 0 aliphatic carbocycles. The van der Waals surface area contributed by atoms with Crippen LogP contribution in [0.25, 0.3) is 0 Å². The van der Waals surface area contributed by atoms with Gasteiger partial charge in [0.05, 0.1) is 0 Å². The van der Waals surface area contributed by atoms with Crippen LogP contribution < -0.4 is 10.6 Å². The van der Waals surface area contributed by atoms with Crippen molar-refractivity contribution in [2.75, 3.05) is 25.0 Å². The number of benzene rings is 1. The third-order valence-electron chi connectivity index (χ3n) is 5.57. The van der Waals surface area contributed by atoms with Crippen LogP contribution in [0.5, 0.6) is 0 Å². The minimum atomic E-state index is -4.97. The third kappa shape index (κ3) is 5.42. The van der Waals surface area contributed by atoms with E-state index in [1.54, 1.807) is 12.1 Å². The number of nitrogens with zero attached hydrogens (tertiary/aromatic N) is 1. The summed E-state index contributed by atoms with van der Waals surface area (Å²) in [5, 5.41) is 15.5. The minimum Gasteiger partial charge on any atom is -0.463 e. The van der Waals surface area contributed by atoms with Crippen molar-refractivity contribution < 1.29 is 32.3 Å². The van der Waals surface area contributed by atoms with Crippen LogP contribution in [-0.2, 0) is 10.4 Å². The standard InChI is InChI=1S/C22H26F3N3O4/c1-15-7-8-18(32-15)21(31,22(23,24)25)11-12-26-20(30)28-13-9-16(10-14-28)19(29)27-17-5-3-2-4-6-17/h2-8,16,31H,9-14H2,1H3,(H,26,30)(H,27,29). The molecule has 1 atom stereocenters. The summed E-state index contributed by atoms with van der Waals surface area (Å²) in [7, 11) is 0. The number of carbonyl (C=O) groups excluding carboxylic acids is 2. The Morgan fingerprint density at radius 2 is 1.78 bits per heavy atom. The lowest BCUT2D eigenvalue weighted by molar-refractivity contribution is -0.274. The molecule has 174 valence electrons. The number of alkyl halides is 3. The van der Waals surface area contributed by atoms with Crippen molar-refractivity contribution in [1.29, 1.82) is 0 Å². The van der Waals surface area contributed by atoms with Crippen LogP contribution >= 0.6 is 0 Å². The molecule has 32 heavy (non-hydrogen) atoms. The van der Waals surface area contributed by atoms with Gasteiger partial charge in [0.15, 0.2) is 0 Å². The van der Waals surface area contributed by atoms with Crippen molar-refractivity contribution >= 4 is 17.6 Å². The minimum absolute atomic E-state index is 0.125. The molecule has 1 aliphatic heterocycles. The lowest BCUT2D eigenvalue weighted by atomic mass is 9.95. The van der Waals surface area contributed by atoms with Gasteiger partial charge in [-0.05, 0) is 44.0 Å². The second-order valence-corrected chi connectivity index (χ2v) is 7.87. The Balaban J connectivity index is 1.48. The van der Waals surface area contributed by atoms with Crippen molar-refractivity contribution in [2.24, 2.45) is 5.92 Å². The third-order valence-corrected chi connectivity index (χ3v) is 5.57. The van der Waals surface area contributed by atoms with Crippen molar-refractivity contribution in [1.82, 2.24) is 10.2 Å². The molecule has 0 bridgehead atoms. The van der Waals surface area contributed by atoms with Crippen molar-refractivity contribution in [3.05, 3.63) is 54.0 Å². The Hall–Kier alpha value is -3.01. The highest BCUT2D eigenvalue weighted by atomic mass is 19.4. The molecule has 3 amide bonds. The van der Waals surface area contributed by atoms with Gasteiger partial charge in [-0.15, -0.1) is 0 Å². The number of para-hydroxylation sites is 1. The molecule has 0 radical (unpaired) electrons. The van der Waals surface area contributed by atoms with Gasteiger partial charge in [0.25, 0.3) is 0 Å². The first kappa shape index (κ1) is 23.6. The smallest absolute Gasteiger partial charge is 0.424 e. The van der Waals surface area contributed by atoms with Gasteiger partial charge >= 0.3 is 12.2 Å². The molecule has 1 aliphatic rings. The van der Waals surface area contributed by atoms with Crippen LogP contribution in [0, 0.1) is 12.8 Å². The second-order valence-electron chi connectivity index (χ2n) is 7.87. The zero-order valence-corrected chi connectivity index (χ0v) is 17.6. The first-order valence-electron chi connectivity index (χ1n) is 10.3. The number of aryl methyl sites for hydroxylation is 1. The monoisotopic (exact) mass is 453 g/mol. The highest BCUT2D eigenvalue weighted by Crippen LogP contribution is 2.42. The van der Waals surface area contributed by atoms with E-state index in [0.29, 0.717) is 31.6 Å². The molecular formula is C22H26F3N3O4. The predicted octanol–water partition coefficient (Wildman–Crippen LogP) is 3.79. The molecule has 1 unspecified atom stereocenters. The van der Waals surface area contributed by atoms with E-state index in [4.69, 9.17) is 4.42 Å². The van der Waals surface area contributed by atoms with Gasteiger partial charge in [-0.3, -0.25) is 4.79 Å². The number of likely N-dealkylation sites (tertiary alicyclic amines) is 1. The summed E-state index contributed by atoms with van der Waals surface area (Å²) >= 11 is 0. The number of aliphatic hydroxyl groups is 1. The van der Waals surface area contributed by atoms with Crippen LogP contribution in [0.15, 0.2) is 46.9 Å².